The molecule has 0 amide bonds. The Labute approximate surface area is 53.4 Å². The van der Waals surface area contributed by atoms with Gasteiger partial charge < -0.3 is 5.11 Å². The van der Waals surface area contributed by atoms with E-state index in [2.05, 4.69) is 10.2 Å². The van der Waals surface area contributed by atoms with Crippen LogP contribution in [0.4, 0.5) is 0 Å². The zero-order valence-corrected chi connectivity index (χ0v) is 5.15. The summed E-state index contributed by atoms with van der Waals surface area (Å²) in [7, 11) is 0. The first-order valence-electron chi connectivity index (χ1n) is 2.76. The SMILES string of the molecule is C[C@@H](O)c1cccnn1. The van der Waals surface area contributed by atoms with E-state index >= 15 is 0 Å². The predicted molar refractivity (Wildman–Crippen MR) is 32.7 cm³/mol. The van der Waals surface area contributed by atoms with Crippen molar-refractivity contribution in [1.82, 2.24) is 10.2 Å². The average molecular weight is 124 g/mol. The lowest BCUT2D eigenvalue weighted by Gasteiger charge is -1.98. The highest BCUT2D eigenvalue weighted by atomic mass is 16.3. The third kappa shape index (κ3) is 1.47. The molecule has 0 unspecified atom stereocenters. The fourth-order valence-corrected chi connectivity index (χ4v) is 0.536. The summed E-state index contributed by atoms with van der Waals surface area (Å²) in [4.78, 5) is 0. The Morgan fingerprint density at radius 2 is 2.44 bits per heavy atom. The van der Waals surface area contributed by atoms with Gasteiger partial charge in [-0.3, -0.25) is 0 Å². The first-order valence-corrected chi connectivity index (χ1v) is 2.76. The van der Waals surface area contributed by atoms with E-state index in [0.29, 0.717) is 5.69 Å². The van der Waals surface area contributed by atoms with Crippen LogP contribution in [0, 0.1) is 0 Å². The molecular formula is C6H8N2O. The van der Waals surface area contributed by atoms with Gasteiger partial charge in [0.05, 0.1) is 11.8 Å². The lowest BCUT2D eigenvalue weighted by Crippen LogP contribution is -1.95. The summed E-state index contributed by atoms with van der Waals surface area (Å²) in [5, 5.41) is 16.2. The van der Waals surface area contributed by atoms with E-state index in [9.17, 15) is 0 Å². The molecule has 1 N–H and O–H groups in total. The van der Waals surface area contributed by atoms with Crippen LogP contribution in [0.15, 0.2) is 18.3 Å². The number of hydrogen-bond acceptors (Lipinski definition) is 3. The number of nitrogens with zero attached hydrogens (tertiary/aromatic N) is 2. The Bertz CT molecular complexity index is 174. The van der Waals surface area contributed by atoms with Crippen LogP contribution in [0.3, 0.4) is 0 Å². The van der Waals surface area contributed by atoms with Crippen molar-refractivity contribution in [1.29, 1.82) is 0 Å². The smallest absolute Gasteiger partial charge is 0.0950 e. The summed E-state index contributed by atoms with van der Waals surface area (Å²) in [6.45, 7) is 1.66. The second-order valence-electron chi connectivity index (χ2n) is 1.82. The van der Waals surface area contributed by atoms with Gasteiger partial charge in [0.2, 0.25) is 0 Å². The number of rotatable bonds is 1. The average Bonchev–Trinajstić information content (AvgIpc) is 1.90. The molecule has 0 saturated carbocycles. The fourth-order valence-electron chi connectivity index (χ4n) is 0.536. The lowest BCUT2D eigenvalue weighted by molar-refractivity contribution is 0.193. The minimum absolute atomic E-state index is 0.515. The molecule has 0 aromatic carbocycles. The van der Waals surface area contributed by atoms with Crippen LogP contribution in [0.5, 0.6) is 0 Å². The van der Waals surface area contributed by atoms with Gasteiger partial charge in [-0.05, 0) is 19.1 Å². The molecule has 48 valence electrons. The maximum Gasteiger partial charge on any atom is 0.0950 e. The van der Waals surface area contributed by atoms with Crippen LogP contribution in [-0.4, -0.2) is 15.3 Å². The van der Waals surface area contributed by atoms with Gasteiger partial charge in [0.15, 0.2) is 0 Å². The number of aliphatic hydroxyl groups is 1. The molecule has 1 atom stereocenters. The highest BCUT2D eigenvalue weighted by molar-refractivity contribution is 5.00. The Hall–Kier alpha value is -0.960. The van der Waals surface area contributed by atoms with Crippen molar-refractivity contribution in [2.75, 3.05) is 0 Å². The summed E-state index contributed by atoms with van der Waals surface area (Å²) < 4.78 is 0. The van der Waals surface area contributed by atoms with Crippen LogP contribution < -0.4 is 0 Å². The van der Waals surface area contributed by atoms with Crippen molar-refractivity contribution in [3.05, 3.63) is 24.0 Å². The number of hydrogen-bond donors (Lipinski definition) is 1. The quantitative estimate of drug-likeness (QED) is 0.594. The normalized spacial score (nSPS) is 13.1. The van der Waals surface area contributed by atoms with E-state index in [1.54, 1.807) is 25.3 Å². The van der Waals surface area contributed by atoms with Crippen molar-refractivity contribution in [3.8, 4) is 0 Å². The molecule has 0 spiro atoms. The zero-order chi connectivity index (χ0) is 6.69. The highest BCUT2D eigenvalue weighted by Gasteiger charge is 1.98. The van der Waals surface area contributed by atoms with Crippen molar-refractivity contribution in [3.63, 3.8) is 0 Å². The Balaban J connectivity index is 2.85. The first kappa shape index (κ1) is 6.16. The van der Waals surface area contributed by atoms with Crippen LogP contribution in [0.25, 0.3) is 0 Å². The summed E-state index contributed by atoms with van der Waals surface area (Å²) in [5.74, 6) is 0. The van der Waals surface area contributed by atoms with Crippen LogP contribution in [0.2, 0.25) is 0 Å². The van der Waals surface area contributed by atoms with Crippen LogP contribution in [0.1, 0.15) is 18.7 Å². The summed E-state index contributed by atoms with van der Waals surface area (Å²) in [6.07, 6.45) is 1.06. The van der Waals surface area contributed by atoms with E-state index in [1.165, 1.54) is 0 Å². The lowest BCUT2D eigenvalue weighted by atomic mass is 10.3. The molecule has 1 heterocycles. The summed E-state index contributed by atoms with van der Waals surface area (Å²) >= 11 is 0. The second-order valence-corrected chi connectivity index (χ2v) is 1.82. The van der Waals surface area contributed by atoms with Crippen molar-refractivity contribution in [2.45, 2.75) is 13.0 Å². The molecule has 1 aromatic rings. The second kappa shape index (κ2) is 2.55. The maximum atomic E-state index is 8.92. The Morgan fingerprint density at radius 3 is 2.78 bits per heavy atom. The van der Waals surface area contributed by atoms with Crippen molar-refractivity contribution < 1.29 is 5.11 Å². The number of aromatic nitrogens is 2. The molecular weight excluding hydrogens is 116 g/mol. The van der Waals surface area contributed by atoms with Gasteiger partial charge in [0.1, 0.15) is 0 Å². The molecule has 3 nitrogen and oxygen atoms in total. The molecule has 0 aliphatic rings. The van der Waals surface area contributed by atoms with Crippen LogP contribution >= 0.6 is 0 Å². The molecule has 0 saturated heterocycles. The van der Waals surface area contributed by atoms with Gasteiger partial charge >= 0.3 is 0 Å². The predicted octanol–water partition coefficient (Wildman–Crippen LogP) is 0.530. The van der Waals surface area contributed by atoms with Crippen LogP contribution in [-0.2, 0) is 0 Å². The van der Waals surface area contributed by atoms with E-state index in [0.717, 1.165) is 0 Å². The largest absolute Gasteiger partial charge is 0.387 e. The molecule has 0 bridgehead atoms. The van der Waals surface area contributed by atoms with E-state index < -0.39 is 6.10 Å². The molecule has 0 aliphatic carbocycles. The third-order valence-corrected chi connectivity index (χ3v) is 1.02. The maximum absolute atomic E-state index is 8.92. The topological polar surface area (TPSA) is 46.0 Å². The summed E-state index contributed by atoms with van der Waals surface area (Å²) in [6, 6.07) is 3.48. The first-order chi connectivity index (χ1) is 4.30. The molecule has 1 rings (SSSR count). The number of aliphatic hydroxyl groups excluding tert-OH is 1. The van der Waals surface area contributed by atoms with Gasteiger partial charge in [-0.25, -0.2) is 0 Å². The third-order valence-electron chi connectivity index (χ3n) is 1.02. The van der Waals surface area contributed by atoms with Crippen molar-refractivity contribution >= 4 is 0 Å². The van der Waals surface area contributed by atoms with Gasteiger partial charge in [-0.15, -0.1) is 0 Å². The van der Waals surface area contributed by atoms with E-state index in [4.69, 9.17) is 5.11 Å². The van der Waals surface area contributed by atoms with Crippen molar-refractivity contribution in [2.24, 2.45) is 0 Å². The molecule has 9 heavy (non-hydrogen) atoms. The molecule has 3 heteroatoms. The molecule has 1 aromatic heterocycles. The summed E-state index contributed by atoms with van der Waals surface area (Å²) in [5.41, 5.74) is 0.609. The van der Waals surface area contributed by atoms with E-state index in [-0.39, 0.29) is 0 Å². The molecule has 0 radical (unpaired) electrons. The standard InChI is InChI=1S/C6H8N2O/c1-5(9)6-3-2-4-7-8-6/h2-5,9H,1H3/t5-/m1/s1. The minimum atomic E-state index is -0.515. The fraction of sp³-hybridized carbons (Fsp3) is 0.333. The van der Waals surface area contributed by atoms with E-state index in [1.807, 2.05) is 0 Å². The monoisotopic (exact) mass is 124 g/mol. The van der Waals surface area contributed by atoms with Gasteiger partial charge in [0, 0.05) is 6.20 Å². The van der Waals surface area contributed by atoms with Gasteiger partial charge in [-0.2, -0.15) is 10.2 Å². The van der Waals surface area contributed by atoms with Gasteiger partial charge in [0.25, 0.3) is 0 Å². The zero-order valence-electron chi connectivity index (χ0n) is 5.15. The van der Waals surface area contributed by atoms with Gasteiger partial charge in [-0.1, -0.05) is 0 Å². The Morgan fingerprint density at radius 1 is 1.67 bits per heavy atom. The minimum Gasteiger partial charge on any atom is -0.387 e. The Kier molecular flexibility index (Phi) is 1.75. The molecule has 0 aliphatic heterocycles. The highest BCUT2D eigenvalue weighted by Crippen LogP contribution is 2.04. The molecule has 0 fully saturated rings.